The molecule has 0 spiro atoms. The summed E-state index contributed by atoms with van der Waals surface area (Å²) in [7, 11) is 0. The highest BCUT2D eigenvalue weighted by molar-refractivity contribution is 5.82. The van der Waals surface area contributed by atoms with E-state index >= 15 is 0 Å². The van der Waals surface area contributed by atoms with Crippen LogP contribution in [0.4, 0.5) is 0 Å². The van der Waals surface area contributed by atoms with Crippen LogP contribution < -0.4 is 10.6 Å². The number of likely N-dealkylation sites (tertiary alicyclic amines) is 1. The van der Waals surface area contributed by atoms with Crippen molar-refractivity contribution < 1.29 is 4.79 Å². The number of fused-ring (bicyclic) bond motifs is 1. The Morgan fingerprint density at radius 1 is 1.38 bits per heavy atom. The number of nitrogens with zero attached hydrogens (tertiary/aromatic N) is 1. The first-order valence-corrected chi connectivity index (χ1v) is 8.10. The maximum Gasteiger partial charge on any atom is 0.237 e. The molecule has 21 heavy (non-hydrogen) atoms. The third-order valence-corrected chi connectivity index (χ3v) is 4.81. The van der Waals surface area contributed by atoms with E-state index in [0.29, 0.717) is 6.04 Å². The minimum Gasteiger partial charge on any atom is -0.353 e. The summed E-state index contributed by atoms with van der Waals surface area (Å²) in [6.45, 7) is 6.02. The average molecular weight is 287 g/mol. The summed E-state index contributed by atoms with van der Waals surface area (Å²) in [5.41, 5.74) is 2.61. The van der Waals surface area contributed by atoms with Gasteiger partial charge in [-0.15, -0.1) is 0 Å². The number of hydrogen-bond donors (Lipinski definition) is 2. The van der Waals surface area contributed by atoms with Crippen LogP contribution in [0.3, 0.4) is 0 Å². The Labute approximate surface area is 126 Å². The highest BCUT2D eigenvalue weighted by Gasteiger charge is 2.27. The van der Waals surface area contributed by atoms with Gasteiger partial charge in [-0.3, -0.25) is 9.69 Å². The van der Waals surface area contributed by atoms with Crippen molar-refractivity contribution in [2.75, 3.05) is 19.6 Å². The minimum absolute atomic E-state index is 0.0867. The van der Waals surface area contributed by atoms with Crippen molar-refractivity contribution in [1.82, 2.24) is 15.5 Å². The largest absolute Gasteiger partial charge is 0.353 e. The average Bonchev–Trinajstić information content (AvgIpc) is 2.99. The molecule has 2 aliphatic heterocycles. The zero-order valence-electron chi connectivity index (χ0n) is 12.8. The highest BCUT2D eigenvalue weighted by atomic mass is 16.2. The first-order valence-electron chi connectivity index (χ1n) is 8.10. The van der Waals surface area contributed by atoms with Crippen LogP contribution in [0, 0.1) is 0 Å². The van der Waals surface area contributed by atoms with E-state index in [1.807, 2.05) is 0 Å². The van der Waals surface area contributed by atoms with Gasteiger partial charge >= 0.3 is 0 Å². The third-order valence-electron chi connectivity index (χ3n) is 4.81. The molecule has 2 atom stereocenters. The monoisotopic (exact) mass is 287 g/mol. The van der Waals surface area contributed by atoms with Gasteiger partial charge in [0.05, 0.1) is 6.04 Å². The Morgan fingerprint density at radius 3 is 3.00 bits per heavy atom. The summed E-state index contributed by atoms with van der Waals surface area (Å²) in [5.74, 6) is 0.146. The van der Waals surface area contributed by atoms with E-state index < -0.39 is 0 Å². The number of carbonyl (C=O) groups excluding carboxylic acids is 1. The van der Waals surface area contributed by atoms with Gasteiger partial charge in [-0.05, 0) is 43.5 Å². The number of benzene rings is 1. The van der Waals surface area contributed by atoms with Crippen LogP contribution in [0.15, 0.2) is 24.3 Å². The standard InChI is InChI=1S/C17H25N3O/c1-2-20-9-5-8-15(20)12-19-17(21)16-10-13-6-3-4-7-14(13)11-18-16/h3-4,6-7,15-16,18H,2,5,8-12H2,1H3,(H,19,21). The molecular formula is C17H25N3O. The summed E-state index contributed by atoms with van der Waals surface area (Å²) < 4.78 is 0. The second-order valence-corrected chi connectivity index (χ2v) is 6.08. The molecule has 0 saturated carbocycles. The lowest BCUT2D eigenvalue weighted by Gasteiger charge is -2.27. The first kappa shape index (κ1) is 14.5. The molecular weight excluding hydrogens is 262 g/mol. The van der Waals surface area contributed by atoms with Crippen molar-refractivity contribution in [2.24, 2.45) is 0 Å². The van der Waals surface area contributed by atoms with Gasteiger partial charge in [0.25, 0.3) is 0 Å². The zero-order chi connectivity index (χ0) is 14.7. The lowest BCUT2D eigenvalue weighted by molar-refractivity contribution is -0.123. The van der Waals surface area contributed by atoms with Crippen molar-refractivity contribution in [3.63, 3.8) is 0 Å². The van der Waals surface area contributed by atoms with Crippen molar-refractivity contribution in [2.45, 2.75) is 44.8 Å². The van der Waals surface area contributed by atoms with Crippen LogP contribution >= 0.6 is 0 Å². The molecule has 1 aromatic rings. The number of amides is 1. The quantitative estimate of drug-likeness (QED) is 0.877. The van der Waals surface area contributed by atoms with Crippen molar-refractivity contribution in [3.8, 4) is 0 Å². The molecule has 0 radical (unpaired) electrons. The van der Waals surface area contributed by atoms with Crippen LogP contribution in [-0.2, 0) is 17.8 Å². The van der Waals surface area contributed by atoms with Gasteiger partial charge in [0, 0.05) is 19.1 Å². The topological polar surface area (TPSA) is 44.4 Å². The third kappa shape index (κ3) is 3.27. The van der Waals surface area contributed by atoms with Gasteiger partial charge in [-0.25, -0.2) is 0 Å². The molecule has 4 heteroatoms. The predicted octanol–water partition coefficient (Wildman–Crippen LogP) is 1.30. The van der Waals surface area contributed by atoms with E-state index in [9.17, 15) is 4.79 Å². The Balaban J connectivity index is 1.52. The number of hydrogen-bond acceptors (Lipinski definition) is 3. The number of likely N-dealkylation sites (N-methyl/N-ethyl adjacent to an activating group) is 1. The van der Waals surface area contributed by atoms with Crippen LogP contribution in [0.1, 0.15) is 30.9 Å². The smallest absolute Gasteiger partial charge is 0.237 e. The molecule has 1 amide bonds. The first-order chi connectivity index (χ1) is 10.3. The second-order valence-electron chi connectivity index (χ2n) is 6.08. The number of carbonyl (C=O) groups is 1. The van der Waals surface area contributed by atoms with Gasteiger partial charge in [-0.2, -0.15) is 0 Å². The number of rotatable bonds is 4. The Morgan fingerprint density at radius 2 is 2.19 bits per heavy atom. The predicted molar refractivity (Wildman–Crippen MR) is 84.1 cm³/mol. The SMILES string of the molecule is CCN1CCCC1CNC(=O)C1Cc2ccccc2CN1. The van der Waals surface area contributed by atoms with E-state index in [1.165, 1.54) is 30.5 Å². The summed E-state index contributed by atoms with van der Waals surface area (Å²) >= 11 is 0. The molecule has 1 aromatic carbocycles. The summed E-state index contributed by atoms with van der Waals surface area (Å²) in [6, 6.07) is 8.81. The number of nitrogens with one attached hydrogen (secondary N) is 2. The van der Waals surface area contributed by atoms with Crippen LogP contribution in [0.5, 0.6) is 0 Å². The summed E-state index contributed by atoms with van der Waals surface area (Å²) in [5, 5.41) is 6.50. The maximum atomic E-state index is 12.4. The molecule has 2 N–H and O–H groups in total. The minimum atomic E-state index is -0.0867. The second kappa shape index (κ2) is 6.58. The van der Waals surface area contributed by atoms with Crippen molar-refractivity contribution in [1.29, 1.82) is 0 Å². The Hall–Kier alpha value is -1.39. The normalized spacial score (nSPS) is 25.6. The van der Waals surface area contributed by atoms with Crippen molar-refractivity contribution in [3.05, 3.63) is 35.4 Å². The van der Waals surface area contributed by atoms with Crippen LogP contribution in [0.2, 0.25) is 0 Å². The van der Waals surface area contributed by atoms with E-state index in [1.54, 1.807) is 0 Å². The Kier molecular flexibility index (Phi) is 4.56. The fourth-order valence-electron chi connectivity index (χ4n) is 3.52. The maximum absolute atomic E-state index is 12.4. The molecule has 2 heterocycles. The van der Waals surface area contributed by atoms with Gasteiger partial charge in [0.1, 0.15) is 0 Å². The van der Waals surface area contributed by atoms with E-state index in [2.05, 4.69) is 46.7 Å². The molecule has 0 bridgehead atoms. The van der Waals surface area contributed by atoms with Crippen molar-refractivity contribution >= 4 is 5.91 Å². The lowest BCUT2D eigenvalue weighted by Crippen LogP contribution is -2.50. The molecule has 1 fully saturated rings. The highest BCUT2D eigenvalue weighted by Crippen LogP contribution is 2.17. The fraction of sp³-hybridized carbons (Fsp3) is 0.588. The molecule has 4 nitrogen and oxygen atoms in total. The van der Waals surface area contributed by atoms with E-state index in [4.69, 9.17) is 0 Å². The Bertz CT molecular complexity index is 503. The molecule has 2 aliphatic rings. The van der Waals surface area contributed by atoms with E-state index in [0.717, 1.165) is 26.1 Å². The molecule has 2 unspecified atom stereocenters. The molecule has 0 aliphatic carbocycles. The summed E-state index contributed by atoms with van der Waals surface area (Å²) in [6.07, 6.45) is 3.25. The lowest BCUT2D eigenvalue weighted by atomic mass is 9.95. The van der Waals surface area contributed by atoms with Gasteiger partial charge in [-0.1, -0.05) is 31.2 Å². The molecule has 3 rings (SSSR count). The van der Waals surface area contributed by atoms with E-state index in [-0.39, 0.29) is 11.9 Å². The van der Waals surface area contributed by atoms with Gasteiger partial charge in [0.15, 0.2) is 0 Å². The van der Waals surface area contributed by atoms with Crippen LogP contribution in [-0.4, -0.2) is 42.5 Å². The van der Waals surface area contributed by atoms with Gasteiger partial charge in [0.2, 0.25) is 5.91 Å². The van der Waals surface area contributed by atoms with Gasteiger partial charge < -0.3 is 10.6 Å². The molecule has 1 saturated heterocycles. The van der Waals surface area contributed by atoms with Crippen LogP contribution in [0.25, 0.3) is 0 Å². The fourth-order valence-corrected chi connectivity index (χ4v) is 3.52. The molecule has 114 valence electrons. The summed E-state index contributed by atoms with van der Waals surface area (Å²) in [4.78, 5) is 14.8. The zero-order valence-corrected chi connectivity index (χ0v) is 12.8. The molecule has 0 aromatic heterocycles.